The molecule has 26 nitrogen and oxygen atoms in total. The Morgan fingerprint density at radius 2 is 1.23 bits per heavy atom. The highest BCUT2D eigenvalue weighted by Crippen LogP contribution is 2.30. The van der Waals surface area contributed by atoms with Crippen molar-refractivity contribution in [3.05, 3.63) is 176 Å². The number of hydrogen-bond acceptors (Lipinski definition) is 19. The predicted molar refractivity (Wildman–Crippen MR) is 298 cm³/mol. The SMILES string of the molecule is CC1=C([N+](=O)[O-])C(=O)NC(=O)C1.CC1=CC(=O)NC(=O)C1.CN(C)/C=C/C1=C([N+](=O)[O-])C(=O)NC(=O)C1.Clc1nc(Cl)c2c(n1)C=CC2.Clc1ncc2c(n1)C(I)=CC2.Clc1ncc2c(n1)C=CC2.O=C1Cc2cc[nH]c2C(=O)N1. The lowest BCUT2D eigenvalue weighted by Gasteiger charge is -2.11. The van der Waals surface area contributed by atoms with Gasteiger partial charge in [-0.05, 0) is 127 Å². The number of amides is 8. The Morgan fingerprint density at radius 1 is 0.650 bits per heavy atom. The van der Waals surface area contributed by atoms with E-state index in [2.05, 4.69) is 80.3 Å². The van der Waals surface area contributed by atoms with Gasteiger partial charge in [-0.1, -0.05) is 35.4 Å². The van der Waals surface area contributed by atoms with Crippen molar-refractivity contribution in [3.8, 4) is 0 Å². The van der Waals surface area contributed by atoms with Crippen LogP contribution in [0.2, 0.25) is 21.0 Å². The number of aromatic amines is 1. The lowest BCUT2D eigenvalue weighted by atomic mass is 10.1. The Morgan fingerprint density at radius 3 is 1.86 bits per heavy atom. The van der Waals surface area contributed by atoms with Gasteiger partial charge >= 0.3 is 23.2 Å². The summed E-state index contributed by atoms with van der Waals surface area (Å²) < 4.78 is 1.17. The van der Waals surface area contributed by atoms with E-state index < -0.39 is 44.9 Å². The van der Waals surface area contributed by atoms with Crippen molar-refractivity contribution >= 4 is 132 Å². The molecule has 0 fully saturated rings. The molecule has 4 aliphatic heterocycles. The highest BCUT2D eigenvalue weighted by Gasteiger charge is 2.34. The number of allylic oxidation sites excluding steroid dienone is 4. The summed E-state index contributed by atoms with van der Waals surface area (Å²) >= 11 is 24.8. The number of carbonyl (C=O) groups is 8. The van der Waals surface area contributed by atoms with E-state index in [1.165, 1.54) is 28.2 Å². The summed E-state index contributed by atoms with van der Waals surface area (Å²) in [4.78, 5) is 134. The molecule has 8 amide bonds. The van der Waals surface area contributed by atoms with Gasteiger partial charge in [-0.2, -0.15) is 0 Å². The molecule has 11 rings (SSSR count). The van der Waals surface area contributed by atoms with Gasteiger partial charge in [0.25, 0.3) is 11.8 Å². The maximum atomic E-state index is 11.2. The van der Waals surface area contributed by atoms with Crippen LogP contribution in [0.25, 0.3) is 15.7 Å². The molecule has 0 saturated heterocycles. The smallest absolute Gasteiger partial charge is 0.337 e. The number of nitro groups is 2. The average Bonchev–Trinajstić information content (AvgIpc) is 4.22. The van der Waals surface area contributed by atoms with Gasteiger partial charge in [0.1, 0.15) is 10.8 Å². The third-order valence-corrected chi connectivity index (χ3v) is 12.5. The van der Waals surface area contributed by atoms with E-state index in [9.17, 15) is 58.6 Å². The summed E-state index contributed by atoms with van der Waals surface area (Å²) in [5, 5.41) is 30.4. The number of H-pyrrole nitrogens is 1. The fourth-order valence-corrected chi connectivity index (χ4v) is 8.64. The maximum Gasteiger partial charge on any atom is 0.337 e. The number of imide groups is 4. The first-order valence-corrected chi connectivity index (χ1v) is 25.6. The van der Waals surface area contributed by atoms with Crippen molar-refractivity contribution in [2.75, 3.05) is 14.1 Å². The van der Waals surface area contributed by atoms with E-state index >= 15 is 0 Å². The average molecular weight is 1290 g/mol. The number of halogens is 5. The Balaban J connectivity index is 0.000000172. The second-order valence-electron chi connectivity index (χ2n) is 17.1. The zero-order valence-corrected chi connectivity index (χ0v) is 47.4. The van der Waals surface area contributed by atoms with Crippen LogP contribution in [0.3, 0.4) is 0 Å². The maximum absolute atomic E-state index is 11.2. The number of hydrogen-bond donors (Lipinski definition) is 5. The van der Waals surface area contributed by atoms with E-state index in [1.54, 1.807) is 56.8 Å². The molecule has 0 bridgehead atoms. The first-order chi connectivity index (χ1) is 37.8. The monoisotopic (exact) mass is 1290 g/mol. The molecule has 4 aromatic heterocycles. The van der Waals surface area contributed by atoms with E-state index in [0.29, 0.717) is 34.3 Å². The second-order valence-corrected chi connectivity index (χ2v) is 19.6. The lowest BCUT2D eigenvalue weighted by molar-refractivity contribution is -0.420. The zero-order chi connectivity index (χ0) is 59.0. The van der Waals surface area contributed by atoms with Crippen LogP contribution in [0.15, 0.2) is 89.4 Å². The molecular weight excluding hydrogens is 1250 g/mol. The first kappa shape index (κ1) is 62.6. The summed E-state index contributed by atoms with van der Waals surface area (Å²) in [5.41, 5.74) is 7.42. The van der Waals surface area contributed by atoms with Crippen LogP contribution in [-0.2, 0) is 59.2 Å². The molecule has 4 aromatic rings. The van der Waals surface area contributed by atoms with Crippen molar-refractivity contribution in [2.45, 2.75) is 58.8 Å². The van der Waals surface area contributed by atoms with Gasteiger partial charge in [0, 0.05) is 76.6 Å². The van der Waals surface area contributed by atoms with Gasteiger partial charge in [-0.3, -0.25) is 79.9 Å². The summed E-state index contributed by atoms with van der Waals surface area (Å²) in [6.07, 6.45) is 22.7. The van der Waals surface area contributed by atoms with Crippen LogP contribution in [0, 0.1) is 20.2 Å². The number of rotatable bonds is 4. The fraction of sp³-hybridized carbons (Fsp3) is 0.224. The van der Waals surface area contributed by atoms with Crippen molar-refractivity contribution < 1.29 is 48.2 Å². The Bertz CT molecular complexity index is 3460. The van der Waals surface area contributed by atoms with Crippen molar-refractivity contribution in [2.24, 2.45) is 0 Å². The number of carbonyl (C=O) groups excluding carboxylic acids is 8. The molecule has 0 spiro atoms. The standard InChI is InChI=1S/C9H11N3O4.C7H4Cl2N2.C7H4ClIN2.C7H5ClN2.C7H6N2O2.C6H6N2O4.C6H7NO2/c1-11(2)4-3-6-5-7(13)10-9(14)8(6)12(15)16;8-6-4-2-1-3-5(4)10-7(9)11-6;8-7-10-3-4-1-2-5(9)6(4)11-7;8-7-9-4-5-2-1-3-6(5)10-7;10-5-3-4-1-2-8-6(4)7(11)9-5;1-3-2-4(9)7-6(10)5(3)8(11)12;1-4-2-5(8)7-6(9)3-4/h3-4H,5H2,1-2H3,(H,10,13,14);1,3H,2H2;2-3H,1H2;1,3-4H,2H2;1-2,8H,3H2,(H,9,10,11);2H2,1H3,(H,7,9,10);2H,3H2,1H3,(H,7,8,9)/b4-3+;;;;;;. The largest absolute Gasteiger partial charge is 0.383 e. The van der Waals surface area contributed by atoms with Crippen LogP contribution >= 0.6 is 69.0 Å². The highest BCUT2D eigenvalue weighted by atomic mass is 127. The van der Waals surface area contributed by atoms with Crippen LogP contribution in [-0.4, -0.2) is 111 Å². The minimum absolute atomic E-state index is 0.0813. The molecule has 0 saturated carbocycles. The predicted octanol–water partition coefficient (Wildman–Crippen LogP) is 5.54. The number of fused-ring (bicyclic) bond motifs is 4. The van der Waals surface area contributed by atoms with Crippen molar-refractivity contribution in [1.82, 2.24) is 61.1 Å². The molecule has 31 heteroatoms. The van der Waals surface area contributed by atoms with Crippen molar-refractivity contribution in [3.63, 3.8) is 0 Å². The van der Waals surface area contributed by atoms with Gasteiger partial charge in [-0.25, -0.2) is 29.9 Å². The zero-order valence-electron chi connectivity index (χ0n) is 42.2. The van der Waals surface area contributed by atoms with Crippen LogP contribution < -0.4 is 21.3 Å². The van der Waals surface area contributed by atoms with E-state index in [1.807, 2.05) is 28.9 Å². The molecule has 416 valence electrons. The van der Waals surface area contributed by atoms with Crippen LogP contribution in [0.5, 0.6) is 0 Å². The second kappa shape index (κ2) is 29.1. The van der Waals surface area contributed by atoms with E-state index in [0.717, 1.165) is 58.6 Å². The lowest BCUT2D eigenvalue weighted by Crippen LogP contribution is -2.38. The topological polar surface area (TPSA) is 367 Å². The van der Waals surface area contributed by atoms with Gasteiger partial charge < -0.3 is 9.88 Å². The summed E-state index contributed by atoms with van der Waals surface area (Å²) in [6, 6.07) is 1.74. The van der Waals surface area contributed by atoms with E-state index in [-0.39, 0.29) is 52.9 Å². The van der Waals surface area contributed by atoms with Gasteiger partial charge in [-0.15, -0.1) is 0 Å². The Kier molecular flexibility index (Phi) is 22.8. The molecule has 7 aliphatic rings. The molecule has 80 heavy (non-hydrogen) atoms. The van der Waals surface area contributed by atoms with Gasteiger partial charge in [0.05, 0.1) is 46.2 Å². The summed E-state index contributed by atoms with van der Waals surface area (Å²) in [6.45, 7) is 3.16. The first-order valence-electron chi connectivity index (χ1n) is 23.0. The van der Waals surface area contributed by atoms with Crippen LogP contribution in [0.4, 0.5) is 0 Å². The van der Waals surface area contributed by atoms with Gasteiger partial charge in [0.2, 0.25) is 39.5 Å². The molecule has 3 aliphatic carbocycles. The number of nitrogens with zero attached hydrogens (tertiary/aromatic N) is 9. The molecule has 0 atom stereocenters. The molecule has 8 heterocycles. The molecule has 5 N–H and O–H groups in total. The van der Waals surface area contributed by atoms with Crippen molar-refractivity contribution in [1.29, 1.82) is 0 Å². The minimum atomic E-state index is -0.959. The number of aromatic nitrogens is 7. The molecular formula is C49H43Cl4IN14O12. The number of nitrogens with one attached hydrogen (secondary N) is 5. The van der Waals surface area contributed by atoms with Gasteiger partial charge in [0.15, 0.2) is 0 Å². The van der Waals surface area contributed by atoms with E-state index in [4.69, 9.17) is 46.4 Å². The van der Waals surface area contributed by atoms with Crippen LogP contribution in [0.1, 0.15) is 82.9 Å². The quantitative estimate of drug-likeness (QED) is 0.0418. The third kappa shape index (κ3) is 18.4. The molecule has 0 radical (unpaired) electrons. The normalized spacial score (nSPS) is 15.9. The minimum Gasteiger partial charge on any atom is -0.383 e. The Hall–Kier alpha value is -8.25. The summed E-state index contributed by atoms with van der Waals surface area (Å²) in [7, 11) is 3.46. The highest BCUT2D eigenvalue weighted by molar-refractivity contribution is 14.1. The fourth-order valence-electron chi connectivity index (χ4n) is 7.20. The Labute approximate surface area is 486 Å². The molecule has 0 aromatic carbocycles. The third-order valence-electron chi connectivity index (χ3n) is 10.7. The summed E-state index contributed by atoms with van der Waals surface area (Å²) in [5.74, 6) is -3.99. The molecule has 0 unspecified atom stereocenters.